The second kappa shape index (κ2) is 12.6. The summed E-state index contributed by atoms with van der Waals surface area (Å²) in [6, 6.07) is 17.5. The maximum Gasteiger partial charge on any atom is 0.243 e. The standard InChI is InChI=1S/C28H30FN5O2S.H4N2/c1-19-16-23(7-10-25(19)29)27-11-14-31-28(33-27)22-5-8-24(9-6-22)37(35,36)34-15-12-21(18-34)17-32-20(2)26-4-3-13-30-26;1-2/h3-11,13-14,16,20-21,30,32H,12,15,17-18H2,1-2H3;1-2H2. The van der Waals surface area contributed by atoms with E-state index in [1.165, 1.54) is 6.07 Å². The number of aromatic nitrogens is 3. The van der Waals surface area contributed by atoms with Gasteiger partial charge in [0.05, 0.1) is 10.6 Å². The van der Waals surface area contributed by atoms with Crippen LogP contribution in [0, 0.1) is 18.7 Å². The van der Waals surface area contributed by atoms with Crippen molar-refractivity contribution in [3.8, 4) is 22.6 Å². The molecule has 9 nitrogen and oxygen atoms in total. The van der Waals surface area contributed by atoms with Gasteiger partial charge in [-0.3, -0.25) is 11.7 Å². The first-order valence-electron chi connectivity index (χ1n) is 12.7. The highest BCUT2D eigenvalue weighted by atomic mass is 32.2. The average molecular weight is 552 g/mol. The normalized spacial score (nSPS) is 16.5. The third-order valence-corrected chi connectivity index (χ3v) is 8.79. The van der Waals surface area contributed by atoms with Crippen molar-refractivity contribution in [2.24, 2.45) is 17.6 Å². The minimum absolute atomic E-state index is 0.181. The van der Waals surface area contributed by atoms with Gasteiger partial charge in [0.2, 0.25) is 10.0 Å². The quantitative estimate of drug-likeness (QED) is 0.193. The molecule has 2 atom stereocenters. The van der Waals surface area contributed by atoms with E-state index in [4.69, 9.17) is 0 Å². The molecule has 1 fully saturated rings. The lowest BCUT2D eigenvalue weighted by Crippen LogP contribution is -2.31. The zero-order chi connectivity index (χ0) is 28.0. The molecule has 6 N–H and O–H groups in total. The number of hydrazine groups is 1. The summed E-state index contributed by atoms with van der Waals surface area (Å²) in [5.74, 6) is 8.48. The van der Waals surface area contributed by atoms with Gasteiger partial charge in [-0.05, 0) is 99.0 Å². The molecule has 3 heterocycles. The minimum atomic E-state index is -3.59. The minimum Gasteiger partial charge on any atom is -0.364 e. The molecule has 39 heavy (non-hydrogen) atoms. The average Bonchev–Trinajstić information content (AvgIpc) is 3.68. The van der Waals surface area contributed by atoms with Crippen molar-refractivity contribution < 1.29 is 12.8 Å². The smallest absolute Gasteiger partial charge is 0.243 e. The number of hydrogen-bond acceptors (Lipinski definition) is 7. The van der Waals surface area contributed by atoms with E-state index in [0.717, 1.165) is 24.2 Å². The Kier molecular flexibility index (Phi) is 9.20. The number of aryl methyl sites for hydroxylation is 1. The Morgan fingerprint density at radius 3 is 2.56 bits per heavy atom. The van der Waals surface area contributed by atoms with Gasteiger partial charge in [-0.1, -0.05) is 0 Å². The molecule has 0 saturated carbocycles. The van der Waals surface area contributed by atoms with Gasteiger partial charge >= 0.3 is 0 Å². The Morgan fingerprint density at radius 2 is 1.87 bits per heavy atom. The zero-order valence-electron chi connectivity index (χ0n) is 22.0. The molecule has 0 radical (unpaired) electrons. The van der Waals surface area contributed by atoms with E-state index in [1.54, 1.807) is 59.9 Å². The van der Waals surface area contributed by atoms with Crippen molar-refractivity contribution in [1.29, 1.82) is 0 Å². The molecule has 1 saturated heterocycles. The van der Waals surface area contributed by atoms with Gasteiger partial charge < -0.3 is 10.3 Å². The maximum atomic E-state index is 13.7. The second-order valence-electron chi connectivity index (χ2n) is 9.53. The lowest BCUT2D eigenvalue weighted by molar-refractivity contribution is 0.428. The van der Waals surface area contributed by atoms with Crippen molar-refractivity contribution in [3.05, 3.63) is 90.1 Å². The van der Waals surface area contributed by atoms with Crippen LogP contribution in [0.2, 0.25) is 0 Å². The van der Waals surface area contributed by atoms with E-state index in [9.17, 15) is 12.8 Å². The predicted octanol–water partition coefficient (Wildman–Crippen LogP) is 3.77. The van der Waals surface area contributed by atoms with Crippen molar-refractivity contribution in [1.82, 2.24) is 24.6 Å². The van der Waals surface area contributed by atoms with Crippen LogP contribution >= 0.6 is 0 Å². The van der Waals surface area contributed by atoms with E-state index in [2.05, 4.69) is 38.9 Å². The number of aromatic amines is 1. The molecule has 0 spiro atoms. The monoisotopic (exact) mass is 551 g/mol. The summed E-state index contributed by atoms with van der Waals surface area (Å²) in [5.41, 5.74) is 3.84. The summed E-state index contributed by atoms with van der Waals surface area (Å²) >= 11 is 0. The summed E-state index contributed by atoms with van der Waals surface area (Å²) in [7, 11) is -3.59. The van der Waals surface area contributed by atoms with Crippen LogP contribution in [-0.2, 0) is 10.0 Å². The highest BCUT2D eigenvalue weighted by Gasteiger charge is 2.32. The van der Waals surface area contributed by atoms with E-state index < -0.39 is 10.0 Å². The van der Waals surface area contributed by atoms with Crippen LogP contribution in [0.4, 0.5) is 4.39 Å². The number of H-pyrrole nitrogens is 1. The first-order valence-corrected chi connectivity index (χ1v) is 14.2. The molecule has 0 bridgehead atoms. The van der Waals surface area contributed by atoms with Gasteiger partial charge in [-0.25, -0.2) is 22.8 Å². The molecule has 2 aromatic carbocycles. The first-order chi connectivity index (χ1) is 18.8. The number of benzene rings is 2. The van der Waals surface area contributed by atoms with Crippen LogP contribution in [0.15, 0.2) is 78.0 Å². The Bertz CT molecular complexity index is 1480. The Morgan fingerprint density at radius 1 is 1.13 bits per heavy atom. The second-order valence-corrected chi connectivity index (χ2v) is 11.5. The fourth-order valence-corrected chi connectivity index (χ4v) is 6.17. The van der Waals surface area contributed by atoms with Crippen LogP contribution < -0.4 is 17.0 Å². The lowest BCUT2D eigenvalue weighted by Gasteiger charge is -2.18. The van der Waals surface area contributed by atoms with Crippen LogP contribution in [0.3, 0.4) is 0 Å². The highest BCUT2D eigenvalue weighted by Crippen LogP contribution is 2.27. The van der Waals surface area contributed by atoms with Crippen molar-refractivity contribution in [2.45, 2.75) is 31.2 Å². The topological polar surface area (TPSA) is 143 Å². The Labute approximate surface area is 228 Å². The molecule has 11 heteroatoms. The lowest BCUT2D eigenvalue weighted by atomic mass is 10.1. The molecule has 206 valence electrons. The Hall–Kier alpha value is -3.48. The van der Waals surface area contributed by atoms with Gasteiger partial charge in [-0.15, -0.1) is 0 Å². The van der Waals surface area contributed by atoms with Crippen LogP contribution in [0.5, 0.6) is 0 Å². The summed E-state index contributed by atoms with van der Waals surface area (Å²) in [6.07, 6.45) is 4.37. The number of nitrogens with two attached hydrogens (primary N) is 2. The summed E-state index contributed by atoms with van der Waals surface area (Å²) in [4.78, 5) is 12.4. The fraction of sp³-hybridized carbons (Fsp3) is 0.286. The molecular formula is C28H34FN7O2S. The van der Waals surface area contributed by atoms with Crippen LogP contribution in [0.25, 0.3) is 22.6 Å². The predicted molar refractivity (Wildman–Crippen MR) is 150 cm³/mol. The molecule has 2 aromatic heterocycles. The molecule has 4 aromatic rings. The van der Waals surface area contributed by atoms with Gasteiger partial charge in [0.25, 0.3) is 0 Å². The van der Waals surface area contributed by atoms with Crippen molar-refractivity contribution >= 4 is 10.0 Å². The number of hydrogen-bond donors (Lipinski definition) is 4. The van der Waals surface area contributed by atoms with E-state index in [1.807, 2.05) is 18.3 Å². The van der Waals surface area contributed by atoms with Gasteiger partial charge in [-0.2, -0.15) is 4.31 Å². The number of nitrogens with zero attached hydrogens (tertiary/aromatic N) is 3. The zero-order valence-corrected chi connectivity index (χ0v) is 22.8. The van der Waals surface area contributed by atoms with Crippen LogP contribution in [0.1, 0.15) is 30.6 Å². The third-order valence-electron chi connectivity index (χ3n) is 6.91. The largest absolute Gasteiger partial charge is 0.364 e. The molecule has 1 aliphatic heterocycles. The summed E-state index contributed by atoms with van der Waals surface area (Å²) in [6.45, 7) is 5.57. The van der Waals surface area contributed by atoms with Gasteiger partial charge in [0.15, 0.2) is 5.82 Å². The van der Waals surface area contributed by atoms with E-state index in [-0.39, 0.29) is 22.7 Å². The maximum absolute atomic E-state index is 13.7. The third kappa shape index (κ3) is 6.57. The number of sulfonamides is 1. The first kappa shape index (κ1) is 28.5. The fourth-order valence-electron chi connectivity index (χ4n) is 4.64. The SMILES string of the molecule is Cc1cc(-c2ccnc(-c3ccc(S(=O)(=O)N4CCC(CNC(C)c5ccc[nH]5)C4)cc3)n2)ccc1F.NN. The molecule has 2 unspecified atom stereocenters. The number of halogens is 1. The van der Waals surface area contributed by atoms with Gasteiger partial charge in [0.1, 0.15) is 5.82 Å². The van der Waals surface area contributed by atoms with Gasteiger partial charge in [0, 0.05) is 48.3 Å². The van der Waals surface area contributed by atoms with Crippen molar-refractivity contribution in [3.63, 3.8) is 0 Å². The number of rotatable bonds is 8. The summed E-state index contributed by atoms with van der Waals surface area (Å²) < 4.78 is 41.8. The highest BCUT2D eigenvalue weighted by molar-refractivity contribution is 7.89. The molecule has 0 aliphatic carbocycles. The molecule has 0 amide bonds. The van der Waals surface area contributed by atoms with E-state index >= 15 is 0 Å². The van der Waals surface area contributed by atoms with E-state index in [0.29, 0.717) is 35.7 Å². The number of nitrogens with one attached hydrogen (secondary N) is 2. The molecule has 5 rings (SSSR count). The summed E-state index contributed by atoms with van der Waals surface area (Å²) in [5, 5.41) is 3.50. The molecular weight excluding hydrogens is 517 g/mol. The van der Waals surface area contributed by atoms with Crippen molar-refractivity contribution in [2.75, 3.05) is 19.6 Å². The molecule has 1 aliphatic rings. The van der Waals surface area contributed by atoms with Crippen LogP contribution in [-0.4, -0.2) is 47.3 Å². The Balaban J connectivity index is 0.00000172.